The molecule has 0 saturated heterocycles. The van der Waals surface area contributed by atoms with Gasteiger partial charge in [-0.1, -0.05) is 44.9 Å². The second kappa shape index (κ2) is 12.8. The van der Waals surface area contributed by atoms with E-state index in [4.69, 9.17) is 5.73 Å². The van der Waals surface area contributed by atoms with Crippen LogP contribution in [0.15, 0.2) is 40.2 Å². The molecule has 0 heterocycles. The largest absolute Gasteiger partial charge is 0.370 e. The lowest BCUT2D eigenvalue weighted by atomic mass is 10.0. The number of nitrogens with two attached hydrogens (primary N) is 1. The van der Waals surface area contributed by atoms with E-state index in [0.29, 0.717) is 24.3 Å². The number of nitrogens with zero attached hydrogens (tertiary/aromatic N) is 1. The molecule has 2 unspecified atom stereocenters. The molecule has 1 rings (SSSR count). The maximum absolute atomic E-state index is 12.0. The van der Waals surface area contributed by atoms with Crippen molar-refractivity contribution in [3.63, 3.8) is 0 Å². The maximum Gasteiger partial charge on any atom is 0.188 e. The van der Waals surface area contributed by atoms with E-state index in [2.05, 4.69) is 31.1 Å². The van der Waals surface area contributed by atoms with E-state index in [0.717, 1.165) is 17.2 Å². The first kappa shape index (κ1) is 22.4. The lowest BCUT2D eigenvalue weighted by Gasteiger charge is -2.15. The van der Waals surface area contributed by atoms with Crippen molar-refractivity contribution in [3.05, 3.63) is 30.3 Å². The molecule has 3 N–H and O–H groups in total. The van der Waals surface area contributed by atoms with Gasteiger partial charge < -0.3 is 11.1 Å². The van der Waals surface area contributed by atoms with Crippen molar-refractivity contribution >= 4 is 40.7 Å². The van der Waals surface area contributed by atoms with Gasteiger partial charge in [0.25, 0.3) is 0 Å². The summed E-state index contributed by atoms with van der Waals surface area (Å²) in [6, 6.07) is 9.77. The summed E-state index contributed by atoms with van der Waals surface area (Å²) in [4.78, 5) is 5.10. The van der Waals surface area contributed by atoms with Crippen LogP contribution in [0, 0.1) is 5.92 Å². The summed E-state index contributed by atoms with van der Waals surface area (Å²) in [5, 5.41) is 3.20. The number of nitrogens with one attached hydrogen (secondary N) is 1. The van der Waals surface area contributed by atoms with Crippen LogP contribution in [-0.2, 0) is 10.8 Å². The molecule has 0 spiro atoms. The summed E-state index contributed by atoms with van der Waals surface area (Å²) in [5.41, 5.74) is 5.87. The van der Waals surface area contributed by atoms with E-state index in [1.54, 1.807) is 0 Å². The smallest absolute Gasteiger partial charge is 0.188 e. The zero-order valence-corrected chi connectivity index (χ0v) is 17.5. The Labute approximate surface area is 160 Å². The minimum absolute atomic E-state index is 0. The summed E-state index contributed by atoms with van der Waals surface area (Å²) in [6.45, 7) is 7.06. The highest BCUT2D eigenvalue weighted by molar-refractivity contribution is 14.0. The van der Waals surface area contributed by atoms with Crippen molar-refractivity contribution in [2.24, 2.45) is 16.6 Å². The van der Waals surface area contributed by atoms with Crippen LogP contribution in [0.2, 0.25) is 0 Å². The summed E-state index contributed by atoms with van der Waals surface area (Å²) < 4.78 is 12.0. The number of benzene rings is 1. The van der Waals surface area contributed by atoms with E-state index in [-0.39, 0.29) is 24.0 Å². The van der Waals surface area contributed by atoms with Gasteiger partial charge in [0.05, 0.1) is 17.3 Å². The Hall–Kier alpha value is -0.630. The molecule has 0 amide bonds. The lowest BCUT2D eigenvalue weighted by Crippen LogP contribution is -2.38. The van der Waals surface area contributed by atoms with Crippen LogP contribution in [0.4, 0.5) is 0 Å². The van der Waals surface area contributed by atoms with Gasteiger partial charge in [0.15, 0.2) is 5.96 Å². The first-order chi connectivity index (χ1) is 10.5. The molecular weight excluding hydrogens is 421 g/mol. The molecule has 1 aromatic rings. The second-order valence-corrected chi connectivity index (χ2v) is 7.57. The van der Waals surface area contributed by atoms with E-state index < -0.39 is 10.8 Å². The average molecular weight is 451 g/mol. The van der Waals surface area contributed by atoms with E-state index in [1.165, 1.54) is 12.8 Å². The summed E-state index contributed by atoms with van der Waals surface area (Å²) in [5.74, 6) is 1.68. The monoisotopic (exact) mass is 451 g/mol. The van der Waals surface area contributed by atoms with Crippen molar-refractivity contribution in [2.45, 2.75) is 51.0 Å². The fraction of sp³-hybridized carbons (Fsp3) is 0.588. The van der Waals surface area contributed by atoms with Gasteiger partial charge in [-0.3, -0.25) is 9.20 Å². The van der Waals surface area contributed by atoms with Crippen LogP contribution < -0.4 is 11.1 Å². The van der Waals surface area contributed by atoms with Gasteiger partial charge in [0.1, 0.15) is 0 Å². The van der Waals surface area contributed by atoms with E-state index >= 15 is 0 Å². The van der Waals surface area contributed by atoms with Crippen LogP contribution in [0.1, 0.15) is 40.0 Å². The summed E-state index contributed by atoms with van der Waals surface area (Å²) in [6.07, 6.45) is 3.51. The number of aliphatic imine (C=N–C) groups is 1. The predicted molar refractivity (Wildman–Crippen MR) is 111 cm³/mol. The van der Waals surface area contributed by atoms with Crippen molar-refractivity contribution < 1.29 is 4.21 Å². The Morgan fingerprint density at radius 3 is 2.48 bits per heavy atom. The van der Waals surface area contributed by atoms with Crippen molar-refractivity contribution in [1.82, 2.24) is 5.32 Å². The van der Waals surface area contributed by atoms with E-state index in [9.17, 15) is 4.21 Å². The average Bonchev–Trinajstić information content (AvgIpc) is 2.47. The molecule has 6 heteroatoms. The second-order valence-electron chi connectivity index (χ2n) is 6.00. The van der Waals surface area contributed by atoms with Gasteiger partial charge in [-0.25, -0.2) is 0 Å². The molecule has 0 radical (unpaired) electrons. The fourth-order valence-electron chi connectivity index (χ4n) is 2.14. The van der Waals surface area contributed by atoms with Crippen molar-refractivity contribution in [2.75, 3.05) is 12.3 Å². The van der Waals surface area contributed by atoms with Gasteiger partial charge in [-0.05, 0) is 31.4 Å². The molecule has 0 fully saturated rings. The molecule has 2 atom stereocenters. The minimum atomic E-state index is -1.01. The third-order valence-electron chi connectivity index (χ3n) is 3.38. The van der Waals surface area contributed by atoms with Crippen molar-refractivity contribution in [3.8, 4) is 0 Å². The third-order valence-corrected chi connectivity index (χ3v) is 4.73. The highest BCUT2D eigenvalue weighted by Crippen LogP contribution is 2.08. The normalized spacial score (nSPS) is 14.2. The van der Waals surface area contributed by atoms with Gasteiger partial charge in [-0.15, -0.1) is 24.0 Å². The zero-order chi connectivity index (χ0) is 16.4. The van der Waals surface area contributed by atoms with Gasteiger partial charge in [0, 0.05) is 16.7 Å². The highest BCUT2D eigenvalue weighted by Gasteiger charge is 2.05. The number of rotatable bonds is 9. The molecule has 0 aliphatic carbocycles. The number of halogens is 1. The molecule has 0 aliphatic heterocycles. The molecule has 23 heavy (non-hydrogen) atoms. The molecule has 0 aliphatic rings. The van der Waals surface area contributed by atoms with Gasteiger partial charge >= 0.3 is 0 Å². The molecule has 4 nitrogen and oxygen atoms in total. The Morgan fingerprint density at radius 1 is 1.22 bits per heavy atom. The Morgan fingerprint density at radius 2 is 1.87 bits per heavy atom. The van der Waals surface area contributed by atoms with Crippen LogP contribution >= 0.6 is 24.0 Å². The molecular formula is C17H30IN3OS. The van der Waals surface area contributed by atoms with E-state index in [1.807, 2.05) is 30.3 Å². The molecule has 0 aromatic heterocycles. The number of hydrogen-bond donors (Lipinski definition) is 2. The first-order valence-corrected chi connectivity index (χ1v) is 9.30. The Kier molecular flexibility index (Phi) is 12.4. The summed E-state index contributed by atoms with van der Waals surface area (Å²) in [7, 11) is -1.01. The van der Waals surface area contributed by atoms with Gasteiger partial charge in [-0.2, -0.15) is 0 Å². The van der Waals surface area contributed by atoms with Crippen LogP contribution in [0.25, 0.3) is 0 Å². The molecule has 0 saturated carbocycles. The standard InChI is InChI=1S/C17H29N3OS.HI/c1-14(2)8-7-9-15(3)20-17(18)19-12-13-22(21)16-10-5-4-6-11-16;/h4-6,10-11,14-15H,7-9,12-13H2,1-3H3,(H3,18,19,20);1H. The maximum atomic E-state index is 12.0. The quantitative estimate of drug-likeness (QED) is 0.343. The highest BCUT2D eigenvalue weighted by atomic mass is 127. The van der Waals surface area contributed by atoms with Crippen LogP contribution in [0.3, 0.4) is 0 Å². The van der Waals surface area contributed by atoms with Gasteiger partial charge in [0.2, 0.25) is 0 Å². The summed E-state index contributed by atoms with van der Waals surface area (Å²) >= 11 is 0. The topological polar surface area (TPSA) is 67.5 Å². The van der Waals surface area contributed by atoms with Crippen molar-refractivity contribution in [1.29, 1.82) is 0 Å². The molecule has 132 valence electrons. The Bertz CT molecular complexity index is 480. The van der Waals surface area contributed by atoms with Crippen LogP contribution in [-0.4, -0.2) is 28.5 Å². The number of guanidine groups is 1. The predicted octanol–water partition coefficient (Wildman–Crippen LogP) is 3.53. The first-order valence-electron chi connectivity index (χ1n) is 7.99. The van der Waals surface area contributed by atoms with Crippen LogP contribution in [0.5, 0.6) is 0 Å². The molecule has 1 aromatic carbocycles. The SMILES string of the molecule is CC(C)CCCC(C)NC(N)=NCCS(=O)c1ccccc1.I. The third kappa shape index (κ3) is 10.7. The fourth-order valence-corrected chi connectivity index (χ4v) is 3.10. The minimum Gasteiger partial charge on any atom is -0.370 e. The number of hydrogen-bond acceptors (Lipinski definition) is 2. The lowest BCUT2D eigenvalue weighted by molar-refractivity contribution is 0.493. The zero-order valence-electron chi connectivity index (χ0n) is 14.3. The Balaban J connectivity index is 0.00000484. The molecule has 0 bridgehead atoms.